The fourth-order valence-corrected chi connectivity index (χ4v) is 2.70. The molecule has 1 aliphatic heterocycles. The number of nitrogens with two attached hydrogens (primary N) is 1. The molecule has 2 nitrogen and oxygen atoms in total. The Labute approximate surface area is 121 Å². The molecule has 0 saturated carbocycles. The van der Waals surface area contributed by atoms with E-state index in [2.05, 4.69) is 24.0 Å². The number of hydrogen-bond donors (Lipinski definition) is 1. The van der Waals surface area contributed by atoms with Crippen LogP contribution >= 0.6 is 24.0 Å². The van der Waals surface area contributed by atoms with E-state index in [1.807, 2.05) is 12.1 Å². The summed E-state index contributed by atoms with van der Waals surface area (Å²) < 4.78 is 0. The second-order valence-corrected chi connectivity index (χ2v) is 5.47. The van der Waals surface area contributed by atoms with Crippen LogP contribution in [0.25, 0.3) is 0 Å². The number of halogens is 2. The quantitative estimate of drug-likeness (QED) is 0.925. The van der Waals surface area contributed by atoms with Gasteiger partial charge in [-0.25, -0.2) is 0 Å². The van der Waals surface area contributed by atoms with Gasteiger partial charge in [0, 0.05) is 17.6 Å². The highest BCUT2D eigenvalue weighted by Gasteiger charge is 2.21. The molecule has 0 aliphatic carbocycles. The maximum atomic E-state index is 6.18. The second kappa shape index (κ2) is 7.34. The molecular weight excluding hydrogens is 267 g/mol. The summed E-state index contributed by atoms with van der Waals surface area (Å²) in [5.74, 6) is 0.692. The van der Waals surface area contributed by atoms with Crippen LogP contribution in [0.4, 0.5) is 0 Å². The van der Waals surface area contributed by atoms with Crippen molar-refractivity contribution >= 4 is 24.0 Å². The molecule has 102 valence electrons. The van der Waals surface area contributed by atoms with Gasteiger partial charge in [0.1, 0.15) is 0 Å². The lowest BCUT2D eigenvalue weighted by Gasteiger charge is -2.33. The highest BCUT2D eigenvalue weighted by molar-refractivity contribution is 6.31. The van der Waals surface area contributed by atoms with Crippen molar-refractivity contribution in [3.8, 4) is 0 Å². The number of rotatable bonds is 3. The summed E-state index contributed by atoms with van der Waals surface area (Å²) in [7, 11) is 0. The van der Waals surface area contributed by atoms with Crippen LogP contribution in [-0.4, -0.2) is 24.0 Å². The molecule has 1 aromatic carbocycles. The van der Waals surface area contributed by atoms with Gasteiger partial charge in [0.2, 0.25) is 0 Å². The van der Waals surface area contributed by atoms with Gasteiger partial charge in [-0.2, -0.15) is 0 Å². The number of piperidine rings is 1. The molecule has 1 aromatic rings. The summed E-state index contributed by atoms with van der Waals surface area (Å²) >= 11 is 6.18. The summed E-state index contributed by atoms with van der Waals surface area (Å²) in [5, 5.41) is 0.877. The first-order chi connectivity index (χ1) is 8.16. The molecule has 0 bridgehead atoms. The van der Waals surface area contributed by atoms with E-state index in [1.165, 1.54) is 18.4 Å². The third kappa shape index (κ3) is 4.13. The zero-order valence-corrected chi connectivity index (χ0v) is 12.4. The number of nitrogens with zero attached hydrogens (tertiary/aromatic N) is 1. The normalized spacial score (nSPS) is 19.3. The summed E-state index contributed by atoms with van der Waals surface area (Å²) in [6.45, 7) is 5.36. The van der Waals surface area contributed by atoms with Gasteiger partial charge in [-0.05, 0) is 50.4 Å². The van der Waals surface area contributed by atoms with Gasteiger partial charge in [0.15, 0.2) is 0 Å². The molecule has 0 amide bonds. The molecular formula is C14H22Cl2N2. The predicted molar refractivity (Wildman–Crippen MR) is 80.4 cm³/mol. The van der Waals surface area contributed by atoms with E-state index in [0.717, 1.165) is 24.7 Å². The maximum absolute atomic E-state index is 6.18. The molecule has 0 radical (unpaired) electrons. The average molecular weight is 289 g/mol. The van der Waals surface area contributed by atoms with Crippen LogP contribution in [0.15, 0.2) is 24.3 Å². The van der Waals surface area contributed by atoms with Crippen molar-refractivity contribution in [2.24, 2.45) is 11.7 Å². The van der Waals surface area contributed by atoms with Crippen LogP contribution in [0.3, 0.4) is 0 Å². The zero-order valence-electron chi connectivity index (χ0n) is 10.8. The molecule has 1 heterocycles. The van der Waals surface area contributed by atoms with Crippen molar-refractivity contribution in [1.29, 1.82) is 0 Å². The lowest BCUT2D eigenvalue weighted by atomic mass is 9.91. The minimum Gasteiger partial charge on any atom is -0.328 e. The Kier molecular flexibility index (Phi) is 6.44. The first-order valence-corrected chi connectivity index (χ1v) is 6.76. The van der Waals surface area contributed by atoms with E-state index in [4.69, 9.17) is 17.3 Å². The van der Waals surface area contributed by atoms with Gasteiger partial charge in [-0.3, -0.25) is 4.90 Å². The Morgan fingerprint density at radius 3 is 2.50 bits per heavy atom. The SMILES string of the molecule is CC(N)C1CCN(Cc2ccccc2Cl)CC1.Cl. The van der Waals surface area contributed by atoms with Gasteiger partial charge in [-0.15, -0.1) is 12.4 Å². The van der Waals surface area contributed by atoms with E-state index < -0.39 is 0 Å². The Balaban J connectivity index is 0.00000162. The van der Waals surface area contributed by atoms with Gasteiger partial charge < -0.3 is 5.73 Å². The minimum absolute atomic E-state index is 0. The van der Waals surface area contributed by atoms with E-state index >= 15 is 0 Å². The third-order valence-electron chi connectivity index (χ3n) is 3.73. The smallest absolute Gasteiger partial charge is 0.0451 e. The molecule has 2 rings (SSSR count). The number of likely N-dealkylation sites (tertiary alicyclic amines) is 1. The average Bonchev–Trinajstić information content (AvgIpc) is 2.33. The maximum Gasteiger partial charge on any atom is 0.0451 e. The Hall–Kier alpha value is -0.280. The summed E-state index contributed by atoms with van der Waals surface area (Å²) in [6, 6.07) is 8.44. The first kappa shape index (κ1) is 15.8. The number of hydrogen-bond acceptors (Lipinski definition) is 2. The monoisotopic (exact) mass is 288 g/mol. The Morgan fingerprint density at radius 2 is 1.94 bits per heavy atom. The predicted octanol–water partition coefficient (Wildman–Crippen LogP) is 3.32. The molecule has 1 atom stereocenters. The fourth-order valence-electron chi connectivity index (χ4n) is 2.50. The van der Waals surface area contributed by atoms with Crippen molar-refractivity contribution in [3.63, 3.8) is 0 Å². The van der Waals surface area contributed by atoms with Crippen LogP contribution < -0.4 is 5.73 Å². The molecule has 0 aromatic heterocycles. The van der Waals surface area contributed by atoms with E-state index in [0.29, 0.717) is 12.0 Å². The lowest BCUT2D eigenvalue weighted by molar-refractivity contribution is 0.166. The molecule has 2 N–H and O–H groups in total. The van der Waals surface area contributed by atoms with Crippen LogP contribution in [0, 0.1) is 5.92 Å². The Bertz CT molecular complexity index is 361. The molecule has 1 aliphatic rings. The zero-order chi connectivity index (χ0) is 12.3. The Morgan fingerprint density at radius 1 is 1.33 bits per heavy atom. The highest BCUT2D eigenvalue weighted by Crippen LogP contribution is 2.23. The van der Waals surface area contributed by atoms with E-state index in [9.17, 15) is 0 Å². The molecule has 0 spiro atoms. The van der Waals surface area contributed by atoms with Crippen molar-refractivity contribution in [1.82, 2.24) is 4.90 Å². The summed E-state index contributed by atoms with van der Waals surface area (Å²) in [5.41, 5.74) is 7.18. The molecule has 4 heteroatoms. The van der Waals surface area contributed by atoms with E-state index in [-0.39, 0.29) is 12.4 Å². The van der Waals surface area contributed by atoms with Crippen LogP contribution in [-0.2, 0) is 6.54 Å². The van der Waals surface area contributed by atoms with Crippen molar-refractivity contribution < 1.29 is 0 Å². The largest absolute Gasteiger partial charge is 0.328 e. The summed E-state index contributed by atoms with van der Waals surface area (Å²) in [6.07, 6.45) is 2.42. The molecule has 1 unspecified atom stereocenters. The third-order valence-corrected chi connectivity index (χ3v) is 4.10. The highest BCUT2D eigenvalue weighted by atomic mass is 35.5. The van der Waals surface area contributed by atoms with Crippen molar-refractivity contribution in [3.05, 3.63) is 34.9 Å². The fraction of sp³-hybridized carbons (Fsp3) is 0.571. The van der Waals surface area contributed by atoms with E-state index in [1.54, 1.807) is 0 Å². The van der Waals surface area contributed by atoms with Gasteiger partial charge in [0.25, 0.3) is 0 Å². The first-order valence-electron chi connectivity index (χ1n) is 6.38. The molecule has 18 heavy (non-hydrogen) atoms. The second-order valence-electron chi connectivity index (χ2n) is 5.06. The minimum atomic E-state index is 0. The summed E-state index contributed by atoms with van der Waals surface area (Å²) in [4.78, 5) is 2.47. The van der Waals surface area contributed by atoms with Crippen molar-refractivity contribution in [2.75, 3.05) is 13.1 Å². The molecule has 1 saturated heterocycles. The topological polar surface area (TPSA) is 29.3 Å². The standard InChI is InChI=1S/C14H21ClN2.ClH/c1-11(16)12-6-8-17(9-7-12)10-13-4-2-3-5-14(13)15;/h2-5,11-12H,6-10,16H2,1H3;1H. The molecule has 1 fully saturated rings. The number of benzene rings is 1. The van der Waals surface area contributed by atoms with Gasteiger partial charge in [0.05, 0.1) is 0 Å². The van der Waals surface area contributed by atoms with Crippen LogP contribution in [0.1, 0.15) is 25.3 Å². The van der Waals surface area contributed by atoms with Gasteiger partial charge in [-0.1, -0.05) is 29.8 Å². The van der Waals surface area contributed by atoms with Crippen LogP contribution in [0.5, 0.6) is 0 Å². The lowest BCUT2D eigenvalue weighted by Crippen LogP contribution is -2.39. The van der Waals surface area contributed by atoms with Crippen LogP contribution in [0.2, 0.25) is 5.02 Å². The van der Waals surface area contributed by atoms with Gasteiger partial charge >= 0.3 is 0 Å². The van der Waals surface area contributed by atoms with Crippen molar-refractivity contribution in [2.45, 2.75) is 32.4 Å².